The van der Waals surface area contributed by atoms with E-state index in [-0.39, 0.29) is 22.1 Å². The largest absolute Gasteiger partial charge is 0.378 e. The number of aromatic nitrogens is 3. The molecule has 2 heterocycles. The lowest BCUT2D eigenvalue weighted by Gasteiger charge is -2.12. The fourth-order valence-corrected chi connectivity index (χ4v) is 3.72. The average Bonchev–Trinajstić information content (AvgIpc) is 3.25. The van der Waals surface area contributed by atoms with Crippen LogP contribution in [0.5, 0.6) is 0 Å². The third-order valence-electron chi connectivity index (χ3n) is 4.88. The molecule has 4 rings (SSSR count). The second kappa shape index (κ2) is 10.0. The van der Waals surface area contributed by atoms with Crippen LogP contribution in [0.3, 0.4) is 0 Å². The molecule has 3 N–H and O–H groups in total. The number of nitrogens with zero attached hydrogens (tertiary/aromatic N) is 3. The van der Waals surface area contributed by atoms with Gasteiger partial charge in [-0.25, -0.2) is 9.67 Å². The molecule has 2 aromatic carbocycles. The third-order valence-corrected chi connectivity index (χ3v) is 5.52. The number of pyridine rings is 1. The summed E-state index contributed by atoms with van der Waals surface area (Å²) in [6.07, 6.45) is 0. The van der Waals surface area contributed by atoms with E-state index in [1.165, 1.54) is 10.7 Å². The summed E-state index contributed by atoms with van der Waals surface area (Å²) >= 11 is 12.7. The summed E-state index contributed by atoms with van der Waals surface area (Å²) in [6.45, 7) is 0.316. The van der Waals surface area contributed by atoms with Crippen molar-refractivity contribution in [3.63, 3.8) is 0 Å². The smallest absolute Gasteiger partial charge is 0.269 e. The molecule has 0 radical (unpaired) electrons. The van der Waals surface area contributed by atoms with Crippen molar-refractivity contribution in [3.05, 3.63) is 93.7 Å². The molecule has 2 aromatic heterocycles. The molecule has 8 nitrogen and oxygen atoms in total. The van der Waals surface area contributed by atoms with Gasteiger partial charge in [-0.2, -0.15) is 5.10 Å². The highest BCUT2D eigenvalue weighted by atomic mass is 35.5. The Morgan fingerprint density at radius 3 is 2.47 bits per heavy atom. The number of hydrogen-bond acceptors (Lipinski definition) is 5. The van der Waals surface area contributed by atoms with Crippen LogP contribution in [-0.4, -0.2) is 33.7 Å². The molecule has 172 valence electrons. The number of nitrogens with two attached hydrogens (primary N) is 1. The van der Waals surface area contributed by atoms with Gasteiger partial charge in [-0.3, -0.25) is 9.59 Å². The number of para-hydroxylation sites is 1. The van der Waals surface area contributed by atoms with Gasteiger partial charge in [-0.05, 0) is 36.4 Å². The van der Waals surface area contributed by atoms with E-state index >= 15 is 0 Å². The molecule has 2 amide bonds. The minimum atomic E-state index is -0.720. The van der Waals surface area contributed by atoms with Crippen molar-refractivity contribution in [2.45, 2.75) is 6.61 Å². The standard InChI is InChI=1S/C24H19Cl2N5O3/c1-34-13-15-8-10-19(26)22(28-15)14-7-9-18(25)17(11-14)24(33)29-21-12-20(23(27)32)30-31(21)16-5-3-2-4-6-16/h2-12H,13H2,1H3,(H2,27,32)(H,29,33). The van der Waals surface area contributed by atoms with Crippen LogP contribution in [0.25, 0.3) is 16.9 Å². The number of carbonyl (C=O) groups is 2. The summed E-state index contributed by atoms with van der Waals surface area (Å²) in [5, 5.41) is 7.62. The zero-order valence-electron chi connectivity index (χ0n) is 18.0. The van der Waals surface area contributed by atoms with Gasteiger partial charge in [0.1, 0.15) is 5.82 Å². The molecule has 0 spiro atoms. The number of rotatable bonds is 7. The first-order chi connectivity index (χ1) is 16.4. The molecule has 0 unspecified atom stereocenters. The molecular formula is C24H19Cl2N5O3. The molecule has 0 saturated carbocycles. The topological polar surface area (TPSA) is 112 Å². The molecule has 34 heavy (non-hydrogen) atoms. The van der Waals surface area contributed by atoms with Gasteiger partial charge >= 0.3 is 0 Å². The molecule has 0 aliphatic rings. The lowest BCUT2D eigenvalue weighted by atomic mass is 10.1. The van der Waals surface area contributed by atoms with Crippen LogP contribution in [0.2, 0.25) is 10.0 Å². The van der Waals surface area contributed by atoms with Gasteiger partial charge in [0.25, 0.3) is 11.8 Å². The van der Waals surface area contributed by atoms with Crippen LogP contribution in [0.1, 0.15) is 26.5 Å². The summed E-state index contributed by atoms with van der Waals surface area (Å²) in [5.41, 5.74) is 8.01. The van der Waals surface area contributed by atoms with E-state index in [0.29, 0.717) is 34.3 Å². The number of primary amides is 1. The number of amides is 2. The molecule has 4 aromatic rings. The SMILES string of the molecule is COCc1ccc(Cl)c(-c2ccc(Cl)c(C(=O)Nc3cc(C(N)=O)nn3-c3ccccc3)c2)n1. The number of halogens is 2. The summed E-state index contributed by atoms with van der Waals surface area (Å²) < 4.78 is 6.56. The van der Waals surface area contributed by atoms with Crippen molar-refractivity contribution in [1.82, 2.24) is 14.8 Å². The number of hydrogen-bond donors (Lipinski definition) is 2. The van der Waals surface area contributed by atoms with E-state index in [4.69, 9.17) is 33.7 Å². The fourth-order valence-electron chi connectivity index (χ4n) is 3.30. The highest BCUT2D eigenvalue weighted by Gasteiger charge is 2.19. The maximum Gasteiger partial charge on any atom is 0.269 e. The van der Waals surface area contributed by atoms with E-state index in [0.717, 1.165) is 0 Å². The molecule has 0 atom stereocenters. The van der Waals surface area contributed by atoms with Gasteiger partial charge in [0, 0.05) is 18.7 Å². The predicted molar refractivity (Wildman–Crippen MR) is 130 cm³/mol. The van der Waals surface area contributed by atoms with Crippen LogP contribution < -0.4 is 11.1 Å². The Kier molecular flexibility index (Phi) is 6.93. The van der Waals surface area contributed by atoms with Gasteiger partial charge < -0.3 is 15.8 Å². The number of methoxy groups -OCH3 is 1. The van der Waals surface area contributed by atoms with E-state index in [1.54, 1.807) is 61.7 Å². The minimum absolute atomic E-state index is 0.00457. The number of carbonyl (C=O) groups excluding carboxylic acids is 2. The Bertz CT molecular complexity index is 1370. The maximum atomic E-state index is 13.2. The first-order valence-corrected chi connectivity index (χ1v) is 10.8. The van der Waals surface area contributed by atoms with Crippen LogP contribution in [-0.2, 0) is 11.3 Å². The summed E-state index contributed by atoms with van der Waals surface area (Å²) in [7, 11) is 1.57. The fraction of sp³-hybridized carbons (Fsp3) is 0.0833. The quantitative estimate of drug-likeness (QED) is 0.384. The lowest BCUT2D eigenvalue weighted by Crippen LogP contribution is -2.16. The van der Waals surface area contributed by atoms with Crippen LogP contribution in [0.15, 0.2) is 66.7 Å². The molecule has 0 saturated heterocycles. The Balaban J connectivity index is 1.70. The Labute approximate surface area is 205 Å². The molecule has 10 heteroatoms. The highest BCUT2D eigenvalue weighted by Crippen LogP contribution is 2.30. The summed E-state index contributed by atoms with van der Waals surface area (Å²) in [5.74, 6) is -0.976. The number of anilines is 1. The second-order valence-corrected chi connectivity index (χ2v) is 8.06. The summed E-state index contributed by atoms with van der Waals surface area (Å²) in [6, 6.07) is 18.8. The molecule has 0 bridgehead atoms. The Morgan fingerprint density at radius 1 is 1.03 bits per heavy atom. The van der Waals surface area contributed by atoms with Gasteiger partial charge in [0.2, 0.25) is 0 Å². The van der Waals surface area contributed by atoms with Gasteiger partial charge in [-0.1, -0.05) is 47.5 Å². The lowest BCUT2D eigenvalue weighted by molar-refractivity contribution is 0.0992. The van der Waals surface area contributed by atoms with Crippen molar-refractivity contribution in [2.75, 3.05) is 12.4 Å². The first-order valence-electron chi connectivity index (χ1n) is 10.1. The van der Waals surface area contributed by atoms with Crippen molar-refractivity contribution in [1.29, 1.82) is 0 Å². The van der Waals surface area contributed by atoms with Crippen LogP contribution in [0.4, 0.5) is 5.82 Å². The normalized spacial score (nSPS) is 10.8. The van der Waals surface area contributed by atoms with E-state index < -0.39 is 11.8 Å². The minimum Gasteiger partial charge on any atom is -0.378 e. The van der Waals surface area contributed by atoms with Crippen molar-refractivity contribution >= 4 is 40.8 Å². The van der Waals surface area contributed by atoms with Crippen LogP contribution >= 0.6 is 23.2 Å². The Hall–Kier alpha value is -3.72. The molecular weight excluding hydrogens is 477 g/mol. The van der Waals surface area contributed by atoms with E-state index in [1.807, 2.05) is 6.07 Å². The first kappa shape index (κ1) is 23.4. The Morgan fingerprint density at radius 2 is 1.76 bits per heavy atom. The van der Waals surface area contributed by atoms with Crippen LogP contribution in [0, 0.1) is 0 Å². The molecule has 0 fully saturated rings. The monoisotopic (exact) mass is 495 g/mol. The second-order valence-electron chi connectivity index (χ2n) is 7.24. The van der Waals surface area contributed by atoms with Gasteiger partial charge in [-0.15, -0.1) is 0 Å². The van der Waals surface area contributed by atoms with E-state index in [2.05, 4.69) is 15.4 Å². The zero-order valence-corrected chi connectivity index (χ0v) is 19.5. The third kappa shape index (κ3) is 4.94. The van der Waals surface area contributed by atoms with E-state index in [9.17, 15) is 9.59 Å². The van der Waals surface area contributed by atoms with Crippen molar-refractivity contribution < 1.29 is 14.3 Å². The summed E-state index contributed by atoms with van der Waals surface area (Å²) in [4.78, 5) is 29.4. The zero-order chi connectivity index (χ0) is 24.2. The molecule has 0 aliphatic heterocycles. The van der Waals surface area contributed by atoms with Gasteiger partial charge in [0.05, 0.1) is 39.3 Å². The number of nitrogens with one attached hydrogen (secondary N) is 1. The number of ether oxygens (including phenoxy) is 1. The maximum absolute atomic E-state index is 13.2. The number of benzene rings is 2. The van der Waals surface area contributed by atoms with Gasteiger partial charge in [0.15, 0.2) is 5.69 Å². The molecule has 0 aliphatic carbocycles. The predicted octanol–water partition coefficient (Wildman–Crippen LogP) is 4.74. The average molecular weight is 496 g/mol. The van der Waals surface area contributed by atoms with Crippen molar-refractivity contribution in [3.8, 4) is 16.9 Å². The van der Waals surface area contributed by atoms with Crippen molar-refractivity contribution in [2.24, 2.45) is 5.73 Å². The highest BCUT2D eigenvalue weighted by molar-refractivity contribution is 6.35.